The molecule has 0 aromatic heterocycles. The first-order valence-corrected chi connectivity index (χ1v) is 5.95. The average Bonchev–Trinajstić information content (AvgIpc) is 2.21. The van der Waals surface area contributed by atoms with Crippen molar-refractivity contribution in [2.75, 3.05) is 33.7 Å². The standard InChI is InChI=1S/C11H27N5/c1-6-16(9-7-8-15(4)5)11(14-12)13-10(2)3/h10H,6-9,12H2,1-5H3,(H,13,14). The number of hydrazine groups is 1. The van der Waals surface area contributed by atoms with E-state index in [0.29, 0.717) is 0 Å². The van der Waals surface area contributed by atoms with Gasteiger partial charge in [-0.25, -0.2) is 10.8 Å². The lowest BCUT2D eigenvalue weighted by Gasteiger charge is -2.25. The van der Waals surface area contributed by atoms with Crippen molar-refractivity contribution in [3.63, 3.8) is 0 Å². The Morgan fingerprint density at radius 3 is 2.31 bits per heavy atom. The highest BCUT2D eigenvalue weighted by molar-refractivity contribution is 5.79. The van der Waals surface area contributed by atoms with Crippen molar-refractivity contribution in [2.45, 2.75) is 33.2 Å². The van der Waals surface area contributed by atoms with Crippen molar-refractivity contribution in [1.82, 2.24) is 15.2 Å². The van der Waals surface area contributed by atoms with Crippen LogP contribution < -0.4 is 11.3 Å². The second-order valence-electron chi connectivity index (χ2n) is 4.43. The van der Waals surface area contributed by atoms with Crippen molar-refractivity contribution in [3.8, 4) is 0 Å². The molecule has 5 heteroatoms. The lowest BCUT2D eigenvalue weighted by molar-refractivity contribution is 0.348. The summed E-state index contributed by atoms with van der Waals surface area (Å²) in [5.74, 6) is 6.28. The molecule has 5 nitrogen and oxygen atoms in total. The Kier molecular flexibility index (Phi) is 7.93. The lowest BCUT2D eigenvalue weighted by atomic mass is 10.3. The Hall–Kier alpha value is -0.810. The van der Waals surface area contributed by atoms with Gasteiger partial charge in [-0.15, -0.1) is 0 Å². The third-order valence-electron chi connectivity index (χ3n) is 2.22. The molecule has 0 saturated carbocycles. The van der Waals surface area contributed by atoms with Crippen LogP contribution in [0.1, 0.15) is 27.2 Å². The molecule has 0 aliphatic heterocycles. The van der Waals surface area contributed by atoms with E-state index in [2.05, 4.69) is 41.2 Å². The maximum Gasteiger partial charge on any atom is 0.208 e. The van der Waals surface area contributed by atoms with E-state index in [1.807, 2.05) is 13.8 Å². The van der Waals surface area contributed by atoms with Gasteiger partial charge in [0.25, 0.3) is 0 Å². The SMILES string of the molecule is CCN(CCCN(C)C)C(=NC(C)C)NN. The largest absolute Gasteiger partial charge is 0.342 e. The first kappa shape index (κ1) is 15.2. The number of hydrogen-bond donors (Lipinski definition) is 2. The van der Waals surface area contributed by atoms with Gasteiger partial charge >= 0.3 is 0 Å². The van der Waals surface area contributed by atoms with Gasteiger partial charge < -0.3 is 9.80 Å². The fraction of sp³-hybridized carbons (Fsp3) is 0.909. The number of aliphatic imine (C=N–C) groups is 1. The molecular weight excluding hydrogens is 202 g/mol. The van der Waals surface area contributed by atoms with Crippen LogP contribution in [0.3, 0.4) is 0 Å². The van der Waals surface area contributed by atoms with Gasteiger partial charge in [0.15, 0.2) is 0 Å². The molecule has 0 radical (unpaired) electrons. The summed E-state index contributed by atoms with van der Waals surface area (Å²) in [4.78, 5) is 8.81. The van der Waals surface area contributed by atoms with Crippen molar-refractivity contribution in [1.29, 1.82) is 0 Å². The molecular formula is C11H27N5. The van der Waals surface area contributed by atoms with Crippen LogP contribution in [0, 0.1) is 0 Å². The van der Waals surface area contributed by atoms with Crippen LogP contribution in [0.2, 0.25) is 0 Å². The van der Waals surface area contributed by atoms with Gasteiger partial charge in [0.1, 0.15) is 0 Å². The first-order chi connectivity index (χ1) is 7.51. The van der Waals surface area contributed by atoms with Crippen LogP contribution >= 0.6 is 0 Å². The number of nitrogens with one attached hydrogen (secondary N) is 1. The molecule has 0 bridgehead atoms. The van der Waals surface area contributed by atoms with Crippen LogP contribution in [-0.4, -0.2) is 55.5 Å². The Balaban J connectivity index is 4.23. The van der Waals surface area contributed by atoms with Crippen molar-refractivity contribution in [2.24, 2.45) is 10.8 Å². The number of guanidine groups is 1. The molecule has 3 N–H and O–H groups in total. The molecule has 16 heavy (non-hydrogen) atoms. The normalized spacial score (nSPS) is 12.4. The highest BCUT2D eigenvalue weighted by Gasteiger charge is 2.08. The molecule has 0 aliphatic rings. The lowest BCUT2D eigenvalue weighted by Crippen LogP contribution is -2.46. The predicted octanol–water partition coefficient (Wildman–Crippen LogP) is 0.488. The maximum absolute atomic E-state index is 5.50. The highest BCUT2D eigenvalue weighted by Crippen LogP contribution is 1.96. The van der Waals surface area contributed by atoms with Crippen LogP contribution in [0.4, 0.5) is 0 Å². The maximum atomic E-state index is 5.50. The minimum atomic E-state index is 0.258. The van der Waals surface area contributed by atoms with Gasteiger partial charge in [-0.05, 0) is 47.8 Å². The summed E-state index contributed by atoms with van der Waals surface area (Å²) in [6.45, 7) is 9.18. The monoisotopic (exact) mass is 229 g/mol. The zero-order valence-electron chi connectivity index (χ0n) is 11.3. The van der Waals surface area contributed by atoms with Gasteiger partial charge in [0.2, 0.25) is 5.96 Å². The Labute approximate surface area is 99.7 Å². The fourth-order valence-corrected chi connectivity index (χ4v) is 1.45. The Morgan fingerprint density at radius 2 is 1.94 bits per heavy atom. The van der Waals surface area contributed by atoms with E-state index in [9.17, 15) is 0 Å². The molecule has 96 valence electrons. The quantitative estimate of drug-likeness (QED) is 0.301. The topological polar surface area (TPSA) is 56.9 Å². The van der Waals surface area contributed by atoms with E-state index >= 15 is 0 Å². The van der Waals surface area contributed by atoms with Crippen molar-refractivity contribution < 1.29 is 0 Å². The second-order valence-corrected chi connectivity index (χ2v) is 4.43. The van der Waals surface area contributed by atoms with Crippen LogP contribution in [0.5, 0.6) is 0 Å². The molecule has 0 aliphatic carbocycles. The number of nitrogens with two attached hydrogens (primary N) is 1. The van der Waals surface area contributed by atoms with Gasteiger partial charge in [-0.1, -0.05) is 0 Å². The van der Waals surface area contributed by atoms with E-state index in [0.717, 1.165) is 32.0 Å². The summed E-state index contributed by atoms with van der Waals surface area (Å²) in [6.07, 6.45) is 1.11. The zero-order chi connectivity index (χ0) is 12.6. The van der Waals surface area contributed by atoms with E-state index < -0.39 is 0 Å². The molecule has 0 spiro atoms. The van der Waals surface area contributed by atoms with Crippen molar-refractivity contribution in [3.05, 3.63) is 0 Å². The van der Waals surface area contributed by atoms with E-state index in [4.69, 9.17) is 5.84 Å². The molecule has 0 heterocycles. The Morgan fingerprint density at radius 1 is 1.31 bits per heavy atom. The Bertz CT molecular complexity index is 201. The molecule has 0 fully saturated rings. The van der Waals surface area contributed by atoms with Gasteiger partial charge in [-0.2, -0.15) is 0 Å². The fourth-order valence-electron chi connectivity index (χ4n) is 1.45. The van der Waals surface area contributed by atoms with Crippen molar-refractivity contribution >= 4 is 5.96 Å². The van der Waals surface area contributed by atoms with E-state index in [1.54, 1.807) is 0 Å². The molecule has 0 unspecified atom stereocenters. The molecule has 0 rings (SSSR count). The number of nitrogens with zero attached hydrogens (tertiary/aromatic N) is 3. The average molecular weight is 229 g/mol. The first-order valence-electron chi connectivity index (χ1n) is 5.95. The smallest absolute Gasteiger partial charge is 0.208 e. The van der Waals surface area contributed by atoms with Gasteiger partial charge in [0.05, 0.1) is 0 Å². The predicted molar refractivity (Wildman–Crippen MR) is 70.3 cm³/mol. The third kappa shape index (κ3) is 6.63. The second kappa shape index (κ2) is 8.35. The summed E-state index contributed by atoms with van der Waals surface area (Å²) >= 11 is 0. The molecule has 0 saturated heterocycles. The van der Waals surface area contributed by atoms with Gasteiger partial charge in [0, 0.05) is 19.1 Å². The summed E-state index contributed by atoms with van der Waals surface area (Å²) in [5, 5.41) is 0. The zero-order valence-corrected chi connectivity index (χ0v) is 11.3. The molecule has 0 amide bonds. The van der Waals surface area contributed by atoms with Crippen LogP contribution in [0.25, 0.3) is 0 Å². The van der Waals surface area contributed by atoms with Gasteiger partial charge in [-0.3, -0.25) is 5.43 Å². The summed E-state index contributed by atoms with van der Waals surface area (Å²) in [6, 6.07) is 0.258. The number of hydrogen-bond acceptors (Lipinski definition) is 3. The molecule has 0 aromatic carbocycles. The molecule has 0 atom stereocenters. The summed E-state index contributed by atoms with van der Waals surface area (Å²) in [7, 11) is 4.17. The third-order valence-corrected chi connectivity index (χ3v) is 2.22. The highest BCUT2D eigenvalue weighted by atomic mass is 15.4. The van der Waals surface area contributed by atoms with E-state index in [-0.39, 0.29) is 6.04 Å². The van der Waals surface area contributed by atoms with Crippen LogP contribution in [0.15, 0.2) is 4.99 Å². The minimum Gasteiger partial charge on any atom is -0.342 e. The van der Waals surface area contributed by atoms with E-state index in [1.165, 1.54) is 0 Å². The minimum absolute atomic E-state index is 0.258. The molecule has 0 aromatic rings. The summed E-state index contributed by atoms with van der Waals surface area (Å²) < 4.78 is 0. The number of rotatable bonds is 6. The summed E-state index contributed by atoms with van der Waals surface area (Å²) in [5.41, 5.74) is 2.68. The van der Waals surface area contributed by atoms with Crippen LogP contribution in [-0.2, 0) is 0 Å².